The number of methoxy groups -OCH3 is 2. The fourth-order valence-electron chi connectivity index (χ4n) is 5.60. The number of amides is 1. The van der Waals surface area contributed by atoms with Crippen LogP contribution < -0.4 is 14.2 Å². The molecule has 0 bridgehead atoms. The van der Waals surface area contributed by atoms with E-state index >= 15 is 0 Å². The van der Waals surface area contributed by atoms with Gasteiger partial charge in [0.15, 0.2) is 11.5 Å². The van der Waals surface area contributed by atoms with Crippen LogP contribution in [-0.4, -0.2) is 81.0 Å². The van der Waals surface area contributed by atoms with Crippen molar-refractivity contribution in [3.8, 4) is 17.2 Å². The van der Waals surface area contributed by atoms with E-state index < -0.39 is 23.7 Å². The van der Waals surface area contributed by atoms with Gasteiger partial charge in [0.25, 0.3) is 5.91 Å². The molecular formula is C29H35F3N2O6. The lowest BCUT2D eigenvalue weighted by Crippen LogP contribution is -2.58. The van der Waals surface area contributed by atoms with Gasteiger partial charge in [0, 0.05) is 29.6 Å². The van der Waals surface area contributed by atoms with E-state index in [2.05, 4.69) is 4.90 Å². The summed E-state index contributed by atoms with van der Waals surface area (Å²) in [4.78, 5) is 29.0. The van der Waals surface area contributed by atoms with E-state index in [1.807, 2.05) is 31.2 Å². The van der Waals surface area contributed by atoms with Crippen LogP contribution in [-0.2, 0) is 16.1 Å². The Morgan fingerprint density at radius 3 is 2.27 bits per heavy atom. The third-order valence-electron chi connectivity index (χ3n) is 7.87. The van der Waals surface area contributed by atoms with Crippen LogP contribution in [0.3, 0.4) is 0 Å². The molecule has 0 aliphatic carbocycles. The van der Waals surface area contributed by atoms with E-state index in [4.69, 9.17) is 18.9 Å². The molecule has 0 radical (unpaired) electrons. The van der Waals surface area contributed by atoms with Gasteiger partial charge in [-0.1, -0.05) is 18.2 Å². The molecule has 2 aliphatic heterocycles. The minimum atomic E-state index is -5.12. The minimum absolute atomic E-state index is 0.123. The van der Waals surface area contributed by atoms with Crippen LogP contribution in [0.1, 0.15) is 42.1 Å². The summed E-state index contributed by atoms with van der Waals surface area (Å²) < 4.78 is 61.1. The molecule has 2 aromatic rings. The van der Waals surface area contributed by atoms with Gasteiger partial charge in [-0.2, -0.15) is 13.2 Å². The zero-order valence-electron chi connectivity index (χ0n) is 23.0. The van der Waals surface area contributed by atoms with Crippen LogP contribution in [0, 0.1) is 5.41 Å². The maximum atomic E-state index is 13.4. The van der Waals surface area contributed by atoms with Crippen LogP contribution in [0.4, 0.5) is 13.2 Å². The van der Waals surface area contributed by atoms with Gasteiger partial charge in [0.1, 0.15) is 11.9 Å². The van der Waals surface area contributed by atoms with Crippen molar-refractivity contribution < 1.29 is 41.7 Å². The largest absolute Gasteiger partial charge is 0.494 e. The highest BCUT2D eigenvalue weighted by Crippen LogP contribution is 2.44. The molecule has 8 nitrogen and oxygen atoms in total. The van der Waals surface area contributed by atoms with Crippen LogP contribution >= 0.6 is 0 Å². The summed E-state index contributed by atoms with van der Waals surface area (Å²) >= 11 is 0. The van der Waals surface area contributed by atoms with Gasteiger partial charge in [-0.25, -0.2) is 4.79 Å². The van der Waals surface area contributed by atoms with Crippen molar-refractivity contribution in [2.75, 3.05) is 47.0 Å². The van der Waals surface area contributed by atoms with Crippen LogP contribution in [0.2, 0.25) is 0 Å². The first-order valence-electron chi connectivity index (χ1n) is 13.3. The Bertz CT molecular complexity index is 1200. The summed E-state index contributed by atoms with van der Waals surface area (Å²) in [6, 6.07) is 12.5. The molecule has 0 saturated carbocycles. The van der Waals surface area contributed by atoms with Crippen molar-refractivity contribution in [2.24, 2.45) is 5.41 Å². The number of carbonyl (C=O) groups excluding carboxylic acids is 2. The summed E-state index contributed by atoms with van der Waals surface area (Å²) in [5.41, 5.74) is 0.679. The van der Waals surface area contributed by atoms with Crippen molar-refractivity contribution in [3.05, 3.63) is 53.6 Å². The number of para-hydroxylation sites is 1. The molecular weight excluding hydrogens is 529 g/mol. The van der Waals surface area contributed by atoms with E-state index in [9.17, 15) is 22.8 Å². The SMILES string of the molecule is CCOc1ccccc1CN1CCC2(CC1)CCN(C(=O)c1ccc(OC)c(OC)c1)CC2OC(=O)C(F)(F)F. The number of benzene rings is 2. The Morgan fingerprint density at radius 1 is 0.950 bits per heavy atom. The molecule has 2 aromatic carbocycles. The maximum absolute atomic E-state index is 13.4. The second-order valence-electron chi connectivity index (χ2n) is 10.1. The predicted octanol–water partition coefficient (Wildman–Crippen LogP) is 4.70. The fourth-order valence-corrected chi connectivity index (χ4v) is 5.60. The Kier molecular flexibility index (Phi) is 9.12. The zero-order chi connectivity index (χ0) is 28.9. The zero-order valence-corrected chi connectivity index (χ0v) is 23.0. The molecule has 2 heterocycles. The van der Waals surface area contributed by atoms with Crippen LogP contribution in [0.25, 0.3) is 0 Å². The number of alkyl halides is 3. The van der Waals surface area contributed by atoms with Crippen molar-refractivity contribution in [2.45, 2.75) is 45.0 Å². The average molecular weight is 565 g/mol. The average Bonchev–Trinajstić information content (AvgIpc) is 2.95. The van der Waals surface area contributed by atoms with E-state index in [-0.39, 0.29) is 12.5 Å². The minimum Gasteiger partial charge on any atom is -0.494 e. The van der Waals surface area contributed by atoms with E-state index in [0.29, 0.717) is 69.1 Å². The van der Waals surface area contributed by atoms with Crippen molar-refractivity contribution >= 4 is 11.9 Å². The molecule has 11 heteroatoms. The van der Waals surface area contributed by atoms with Gasteiger partial charge in [-0.05, 0) is 63.5 Å². The Labute approximate surface area is 231 Å². The van der Waals surface area contributed by atoms with Gasteiger partial charge in [0.2, 0.25) is 0 Å². The first-order valence-corrected chi connectivity index (χ1v) is 13.3. The molecule has 1 atom stereocenters. The molecule has 2 aliphatic rings. The molecule has 40 heavy (non-hydrogen) atoms. The molecule has 0 aromatic heterocycles. The second kappa shape index (κ2) is 12.4. The molecule has 2 saturated heterocycles. The Balaban J connectivity index is 1.50. The summed E-state index contributed by atoms with van der Waals surface area (Å²) in [5, 5.41) is 0. The number of nitrogens with zero attached hydrogens (tertiary/aromatic N) is 2. The van der Waals surface area contributed by atoms with Gasteiger partial charge in [-0.3, -0.25) is 9.69 Å². The molecule has 2 fully saturated rings. The molecule has 0 N–H and O–H groups in total. The molecule has 1 amide bonds. The molecule has 218 valence electrons. The number of hydrogen-bond donors (Lipinski definition) is 0. The van der Waals surface area contributed by atoms with Gasteiger partial charge in [-0.15, -0.1) is 0 Å². The second-order valence-corrected chi connectivity index (χ2v) is 10.1. The summed E-state index contributed by atoms with van der Waals surface area (Å²) in [6.07, 6.45) is -4.71. The molecule has 1 spiro atoms. The highest BCUT2D eigenvalue weighted by atomic mass is 19.4. The van der Waals surface area contributed by atoms with Crippen molar-refractivity contribution in [1.29, 1.82) is 0 Å². The summed E-state index contributed by atoms with van der Waals surface area (Å²) in [6.45, 7) is 4.55. The number of carbonyl (C=O) groups is 2. The lowest BCUT2D eigenvalue weighted by Gasteiger charge is -2.51. The number of likely N-dealkylation sites (tertiary alicyclic amines) is 2. The highest BCUT2D eigenvalue weighted by Gasteiger charge is 2.51. The van der Waals surface area contributed by atoms with Crippen molar-refractivity contribution in [3.63, 3.8) is 0 Å². The number of halogens is 3. The lowest BCUT2D eigenvalue weighted by atomic mass is 9.69. The number of rotatable bonds is 8. The van der Waals surface area contributed by atoms with E-state index in [0.717, 1.165) is 11.3 Å². The number of esters is 1. The fraction of sp³-hybridized carbons (Fsp3) is 0.517. The number of hydrogen-bond acceptors (Lipinski definition) is 7. The van der Waals surface area contributed by atoms with Gasteiger partial charge >= 0.3 is 12.1 Å². The topological polar surface area (TPSA) is 77.5 Å². The van der Waals surface area contributed by atoms with Crippen molar-refractivity contribution in [1.82, 2.24) is 9.80 Å². The maximum Gasteiger partial charge on any atom is 0.490 e. The quantitative estimate of drug-likeness (QED) is 0.430. The third kappa shape index (κ3) is 6.46. The standard InChI is InChI=1S/C29H35F3N2O6/c1-4-39-22-8-6-5-7-21(22)18-33-14-11-28(12-15-33)13-16-34(19-25(28)40-27(36)29(30,31)32)26(35)20-9-10-23(37-2)24(17-20)38-3/h5-10,17,25H,4,11-16,18-19H2,1-3H3. The molecule has 1 unspecified atom stereocenters. The predicted molar refractivity (Wildman–Crippen MR) is 141 cm³/mol. The van der Waals surface area contributed by atoms with Crippen LogP contribution in [0.15, 0.2) is 42.5 Å². The summed E-state index contributed by atoms with van der Waals surface area (Å²) in [5.74, 6) is -0.993. The number of piperidine rings is 2. The Hall–Kier alpha value is -3.47. The normalized spacial score (nSPS) is 19.2. The lowest BCUT2D eigenvalue weighted by molar-refractivity contribution is -0.216. The van der Waals surface area contributed by atoms with Crippen LogP contribution in [0.5, 0.6) is 17.2 Å². The first kappa shape index (κ1) is 29.5. The third-order valence-corrected chi connectivity index (χ3v) is 7.87. The van der Waals surface area contributed by atoms with E-state index in [1.165, 1.54) is 25.2 Å². The van der Waals surface area contributed by atoms with E-state index in [1.54, 1.807) is 12.1 Å². The van der Waals surface area contributed by atoms with Gasteiger partial charge in [0.05, 0.1) is 27.4 Å². The number of ether oxygens (including phenoxy) is 4. The van der Waals surface area contributed by atoms with Gasteiger partial charge < -0.3 is 23.8 Å². The smallest absolute Gasteiger partial charge is 0.490 e. The summed E-state index contributed by atoms with van der Waals surface area (Å²) in [7, 11) is 2.93. The molecule has 4 rings (SSSR count). The first-order chi connectivity index (χ1) is 19.1. The Morgan fingerprint density at radius 2 is 1.62 bits per heavy atom. The monoisotopic (exact) mass is 564 g/mol. The highest BCUT2D eigenvalue weighted by molar-refractivity contribution is 5.95.